The number of hydrogen-bond acceptors (Lipinski definition) is 4. The van der Waals surface area contributed by atoms with Crippen LogP contribution in [0, 0.1) is 11.8 Å². The van der Waals surface area contributed by atoms with E-state index in [2.05, 4.69) is 22.2 Å². The first kappa shape index (κ1) is 19.8. The number of nitrogens with zero attached hydrogens (tertiary/aromatic N) is 3. The molecule has 0 saturated heterocycles. The van der Waals surface area contributed by atoms with Gasteiger partial charge < -0.3 is 9.47 Å². The van der Waals surface area contributed by atoms with Gasteiger partial charge in [-0.25, -0.2) is 4.68 Å². The fourth-order valence-electron chi connectivity index (χ4n) is 3.50. The molecule has 0 radical (unpaired) electrons. The minimum absolute atomic E-state index is 0.490. The van der Waals surface area contributed by atoms with Gasteiger partial charge in [0.2, 0.25) is 6.23 Å². The molecule has 150 valence electrons. The number of ether oxygens (including phenoxy) is 2. The van der Waals surface area contributed by atoms with Crippen molar-refractivity contribution in [3.63, 3.8) is 0 Å². The zero-order valence-corrected chi connectivity index (χ0v) is 17.0. The summed E-state index contributed by atoms with van der Waals surface area (Å²) in [7, 11) is 1.68. The highest BCUT2D eigenvalue weighted by Crippen LogP contribution is 2.33. The molecule has 4 aromatic rings. The van der Waals surface area contributed by atoms with Crippen molar-refractivity contribution in [1.82, 2.24) is 15.0 Å². The fourth-order valence-corrected chi connectivity index (χ4v) is 3.50. The van der Waals surface area contributed by atoms with Gasteiger partial charge in [0.25, 0.3) is 0 Å². The monoisotopic (exact) mass is 397 g/mol. The minimum atomic E-state index is -0.936. The summed E-state index contributed by atoms with van der Waals surface area (Å²) in [6.07, 6.45) is -0.593. The van der Waals surface area contributed by atoms with Crippen LogP contribution < -0.4 is 0 Å². The standard InChI is InChI=1S/C25H23N3O2/c1-3-30-24(28-23-17-11-10-16-22(23)26-27-28)18-19-25(29-2,20-12-6-4-7-13-20)21-14-8-5-9-15-21/h4-17,24H,3H2,1-2H3. The number of aromatic nitrogens is 3. The number of benzene rings is 3. The maximum absolute atomic E-state index is 6.07. The Hall–Kier alpha value is -3.46. The van der Waals surface area contributed by atoms with Crippen LogP contribution in [0.2, 0.25) is 0 Å². The average Bonchev–Trinajstić information content (AvgIpc) is 3.24. The molecular formula is C25H23N3O2. The van der Waals surface area contributed by atoms with Crippen LogP contribution in [0.4, 0.5) is 0 Å². The summed E-state index contributed by atoms with van der Waals surface area (Å²) in [5, 5.41) is 8.52. The van der Waals surface area contributed by atoms with E-state index >= 15 is 0 Å². The highest BCUT2D eigenvalue weighted by atomic mass is 16.5. The molecule has 1 atom stereocenters. The smallest absolute Gasteiger partial charge is 0.215 e. The van der Waals surface area contributed by atoms with Crippen LogP contribution in [0.3, 0.4) is 0 Å². The van der Waals surface area contributed by atoms with Crippen molar-refractivity contribution in [2.45, 2.75) is 18.8 Å². The molecule has 0 aliphatic heterocycles. The van der Waals surface area contributed by atoms with Crippen LogP contribution >= 0.6 is 0 Å². The molecule has 0 fully saturated rings. The van der Waals surface area contributed by atoms with Gasteiger partial charge in [0.05, 0.1) is 5.52 Å². The van der Waals surface area contributed by atoms with Gasteiger partial charge in [-0.3, -0.25) is 0 Å². The van der Waals surface area contributed by atoms with Crippen molar-refractivity contribution in [3.05, 3.63) is 96.1 Å². The van der Waals surface area contributed by atoms with Crippen molar-refractivity contribution in [2.24, 2.45) is 0 Å². The summed E-state index contributed by atoms with van der Waals surface area (Å²) in [6.45, 7) is 2.43. The summed E-state index contributed by atoms with van der Waals surface area (Å²) in [5.41, 5.74) is 2.63. The summed E-state index contributed by atoms with van der Waals surface area (Å²) in [4.78, 5) is 0. The van der Waals surface area contributed by atoms with E-state index in [9.17, 15) is 0 Å². The molecule has 30 heavy (non-hydrogen) atoms. The van der Waals surface area contributed by atoms with E-state index in [4.69, 9.17) is 9.47 Å². The van der Waals surface area contributed by atoms with Crippen molar-refractivity contribution >= 4 is 11.0 Å². The van der Waals surface area contributed by atoms with Gasteiger partial charge >= 0.3 is 0 Å². The van der Waals surface area contributed by atoms with Gasteiger partial charge in [0.1, 0.15) is 5.52 Å². The summed E-state index contributed by atoms with van der Waals surface area (Å²) < 4.78 is 13.7. The molecule has 0 N–H and O–H groups in total. The minimum Gasteiger partial charge on any atom is -0.357 e. The lowest BCUT2D eigenvalue weighted by atomic mass is 9.86. The van der Waals surface area contributed by atoms with Crippen LogP contribution in [0.25, 0.3) is 11.0 Å². The van der Waals surface area contributed by atoms with Crippen LogP contribution in [-0.2, 0) is 15.1 Å². The lowest BCUT2D eigenvalue weighted by Gasteiger charge is -2.28. The average molecular weight is 397 g/mol. The Kier molecular flexibility index (Phi) is 5.89. The molecule has 0 aliphatic carbocycles. The second-order valence-electron chi connectivity index (χ2n) is 6.72. The molecule has 5 heteroatoms. The topological polar surface area (TPSA) is 49.2 Å². The first-order valence-corrected chi connectivity index (χ1v) is 9.89. The molecule has 1 heterocycles. The van der Waals surface area contributed by atoms with Crippen LogP contribution in [-0.4, -0.2) is 28.7 Å². The quantitative estimate of drug-likeness (QED) is 0.448. The zero-order chi connectivity index (χ0) is 20.8. The zero-order valence-electron chi connectivity index (χ0n) is 17.0. The van der Waals surface area contributed by atoms with E-state index in [1.54, 1.807) is 11.8 Å². The molecule has 1 aromatic heterocycles. The number of para-hydroxylation sites is 1. The van der Waals surface area contributed by atoms with E-state index in [1.165, 1.54) is 0 Å². The first-order chi connectivity index (χ1) is 14.8. The van der Waals surface area contributed by atoms with Gasteiger partial charge in [-0.1, -0.05) is 83.9 Å². The van der Waals surface area contributed by atoms with Crippen molar-refractivity contribution in [1.29, 1.82) is 0 Å². The predicted octanol–water partition coefficient (Wildman–Crippen LogP) is 4.56. The van der Waals surface area contributed by atoms with Gasteiger partial charge in [-0.05, 0) is 25.0 Å². The number of rotatable bonds is 6. The molecule has 4 rings (SSSR count). The molecule has 0 bridgehead atoms. The molecule has 3 aromatic carbocycles. The normalized spacial score (nSPS) is 12.3. The van der Waals surface area contributed by atoms with Gasteiger partial charge in [-0.15, -0.1) is 5.10 Å². The highest BCUT2D eigenvalue weighted by molar-refractivity contribution is 5.74. The van der Waals surface area contributed by atoms with E-state index in [0.717, 1.165) is 22.2 Å². The Labute approximate surface area is 176 Å². The Morgan fingerprint density at radius 1 is 0.900 bits per heavy atom. The van der Waals surface area contributed by atoms with Crippen LogP contribution in [0.1, 0.15) is 24.3 Å². The number of methoxy groups -OCH3 is 1. The largest absolute Gasteiger partial charge is 0.357 e. The third-order valence-electron chi connectivity index (χ3n) is 4.96. The SMILES string of the molecule is CCOC(C#CC(OC)(c1ccccc1)c1ccccc1)n1nnc2ccccc21. The third-order valence-corrected chi connectivity index (χ3v) is 4.96. The second-order valence-corrected chi connectivity index (χ2v) is 6.72. The lowest BCUT2D eigenvalue weighted by molar-refractivity contribution is 0.0444. The van der Waals surface area contributed by atoms with E-state index in [1.807, 2.05) is 91.9 Å². The number of fused-ring (bicyclic) bond motifs is 1. The molecule has 1 unspecified atom stereocenters. The fraction of sp³-hybridized carbons (Fsp3) is 0.200. The highest BCUT2D eigenvalue weighted by Gasteiger charge is 2.32. The molecule has 0 saturated carbocycles. The van der Waals surface area contributed by atoms with E-state index in [-0.39, 0.29) is 0 Å². The number of hydrogen-bond donors (Lipinski definition) is 0. The van der Waals surface area contributed by atoms with Crippen molar-refractivity contribution in [2.75, 3.05) is 13.7 Å². The maximum Gasteiger partial charge on any atom is 0.215 e. The molecule has 0 amide bonds. The molecule has 5 nitrogen and oxygen atoms in total. The molecule has 0 spiro atoms. The Morgan fingerprint density at radius 2 is 1.50 bits per heavy atom. The summed E-state index contributed by atoms with van der Waals surface area (Å²) in [6, 6.07) is 27.7. The molecule has 0 aliphatic rings. The van der Waals surface area contributed by atoms with Gasteiger partial charge in [0.15, 0.2) is 5.60 Å². The van der Waals surface area contributed by atoms with Gasteiger partial charge in [-0.2, -0.15) is 0 Å². The lowest BCUT2D eigenvalue weighted by Crippen LogP contribution is -2.28. The van der Waals surface area contributed by atoms with E-state index < -0.39 is 11.8 Å². The van der Waals surface area contributed by atoms with Crippen LogP contribution in [0.5, 0.6) is 0 Å². The first-order valence-electron chi connectivity index (χ1n) is 9.89. The van der Waals surface area contributed by atoms with E-state index in [0.29, 0.717) is 6.61 Å². The van der Waals surface area contributed by atoms with Gasteiger partial charge in [0, 0.05) is 24.8 Å². The third kappa shape index (κ3) is 3.71. The second kappa shape index (κ2) is 8.91. The summed E-state index contributed by atoms with van der Waals surface area (Å²) in [5.74, 6) is 6.63. The predicted molar refractivity (Wildman–Crippen MR) is 117 cm³/mol. The van der Waals surface area contributed by atoms with Crippen molar-refractivity contribution in [3.8, 4) is 11.8 Å². The maximum atomic E-state index is 6.07. The van der Waals surface area contributed by atoms with Crippen molar-refractivity contribution < 1.29 is 9.47 Å². The van der Waals surface area contributed by atoms with Crippen LogP contribution in [0.15, 0.2) is 84.9 Å². The Morgan fingerprint density at radius 3 is 2.10 bits per heavy atom. The Bertz CT molecular complexity index is 1120. The molecular weight excluding hydrogens is 374 g/mol. The summed E-state index contributed by atoms with van der Waals surface area (Å²) >= 11 is 0. The Balaban J connectivity index is 1.85.